The molecule has 0 saturated heterocycles. The Kier molecular flexibility index (Phi) is 12.3. The van der Waals surface area contributed by atoms with Gasteiger partial charge in [0.25, 0.3) is 0 Å². The Balaban J connectivity index is 0.000000198. The molecule has 6 heterocycles. The molecule has 0 spiro atoms. The Morgan fingerprint density at radius 1 is 0.660 bits per heavy atom. The average molecular weight is 866 g/mol. The van der Waals surface area contributed by atoms with E-state index in [9.17, 15) is 4.79 Å². The zero-order valence-electron chi connectivity index (χ0n) is 27.3. The van der Waals surface area contributed by atoms with Gasteiger partial charge < -0.3 is 14.2 Å². The van der Waals surface area contributed by atoms with Crippen molar-refractivity contribution >= 4 is 95.4 Å². The van der Waals surface area contributed by atoms with Crippen LogP contribution in [0, 0.1) is 3.70 Å². The second kappa shape index (κ2) is 16.7. The number of rotatable bonds is 7. The molecule has 0 aliphatic heterocycles. The fourth-order valence-electron chi connectivity index (χ4n) is 5.63. The van der Waals surface area contributed by atoms with Gasteiger partial charge in [0.1, 0.15) is 3.70 Å². The van der Waals surface area contributed by atoms with Crippen LogP contribution in [0.3, 0.4) is 0 Å². The Bertz CT molecular complexity index is 2590. The summed E-state index contributed by atoms with van der Waals surface area (Å²) in [5, 5.41) is 13.9. The number of carbonyl (C=O) groups is 1. The van der Waals surface area contributed by atoms with E-state index in [2.05, 4.69) is 64.9 Å². The molecule has 12 nitrogen and oxygen atoms in total. The first-order valence-electron chi connectivity index (χ1n) is 15.4. The minimum Gasteiger partial charge on any atom is -0.481 e. The minimum absolute atomic E-state index is 0. The quantitative estimate of drug-likeness (QED) is 0.113. The van der Waals surface area contributed by atoms with Crippen LogP contribution in [-0.4, -0.2) is 66.8 Å². The van der Waals surface area contributed by atoms with E-state index in [1.165, 1.54) is 14.2 Å². The molecule has 0 aliphatic carbocycles. The summed E-state index contributed by atoms with van der Waals surface area (Å²) in [4.78, 5) is 29.3. The van der Waals surface area contributed by atoms with Crippen molar-refractivity contribution in [1.29, 1.82) is 0 Å². The van der Waals surface area contributed by atoms with Crippen molar-refractivity contribution in [2.24, 2.45) is 0 Å². The molecule has 53 heavy (non-hydrogen) atoms. The van der Waals surface area contributed by atoms with Crippen LogP contribution in [0.5, 0.6) is 11.8 Å². The maximum absolute atomic E-state index is 12.1. The molecule has 0 fully saturated rings. The molecule has 0 radical (unpaired) electrons. The van der Waals surface area contributed by atoms with Crippen LogP contribution in [0.4, 0.5) is 0 Å². The first-order chi connectivity index (χ1) is 24.7. The van der Waals surface area contributed by atoms with Crippen LogP contribution >= 0.6 is 45.8 Å². The monoisotopic (exact) mass is 864 g/mol. The van der Waals surface area contributed by atoms with E-state index in [0.717, 1.165) is 47.5 Å². The first-order valence-corrected chi connectivity index (χ1v) is 17.2. The summed E-state index contributed by atoms with van der Waals surface area (Å²) >= 11 is 14.3. The van der Waals surface area contributed by atoms with Crippen molar-refractivity contribution < 1.29 is 19.0 Å². The van der Waals surface area contributed by atoms with Crippen LogP contribution in [-0.2, 0) is 17.8 Å². The van der Waals surface area contributed by atoms with Gasteiger partial charge in [-0.2, -0.15) is 10.2 Å². The highest BCUT2D eigenvalue weighted by Crippen LogP contribution is 2.26. The zero-order valence-corrected chi connectivity index (χ0v) is 31.0. The number of halogens is 3. The number of aromatic nitrogens is 8. The van der Waals surface area contributed by atoms with E-state index >= 15 is 0 Å². The summed E-state index contributed by atoms with van der Waals surface area (Å²) < 4.78 is 19.8. The van der Waals surface area contributed by atoms with Gasteiger partial charge in [0, 0.05) is 46.1 Å². The lowest BCUT2D eigenvalue weighted by atomic mass is 10.1. The summed E-state index contributed by atoms with van der Waals surface area (Å²) in [5.41, 5.74) is 5.81. The summed E-state index contributed by atoms with van der Waals surface area (Å²) in [6.07, 6.45) is 6.70. The highest BCUT2D eigenvalue weighted by Gasteiger charge is 2.19. The second-order valence-electron chi connectivity index (χ2n) is 11.3. The van der Waals surface area contributed by atoms with E-state index in [1.807, 2.05) is 47.1 Å². The van der Waals surface area contributed by atoms with Gasteiger partial charge in [-0.05, 0) is 70.1 Å². The van der Waals surface area contributed by atoms with E-state index in [0.29, 0.717) is 45.8 Å². The number of fused-ring (bicyclic) bond motifs is 4. The molecular formula is C38H35Cl2IN8O4. The lowest BCUT2D eigenvalue weighted by molar-refractivity contribution is 0.0595. The number of ether oxygens (including phenoxy) is 3. The predicted octanol–water partition coefficient (Wildman–Crippen LogP) is 9.04. The maximum Gasteiger partial charge on any atom is 0.359 e. The summed E-state index contributed by atoms with van der Waals surface area (Å²) in [5.74, 6) is 0.478. The number of nitrogens with zero attached hydrogens (tertiary/aromatic N) is 8. The molecule has 0 atom stereocenters. The number of hydrogen-bond donors (Lipinski definition) is 0. The van der Waals surface area contributed by atoms with Gasteiger partial charge >= 0.3 is 5.97 Å². The number of esters is 1. The van der Waals surface area contributed by atoms with Crippen molar-refractivity contribution in [3.05, 3.63) is 116 Å². The van der Waals surface area contributed by atoms with Crippen LogP contribution in [0.25, 0.3) is 43.6 Å². The lowest BCUT2D eigenvalue weighted by Gasteiger charge is -2.06. The van der Waals surface area contributed by atoms with Gasteiger partial charge in [0.05, 0.1) is 78.9 Å². The molecule has 272 valence electrons. The second-order valence-corrected chi connectivity index (χ2v) is 13.2. The van der Waals surface area contributed by atoms with Crippen molar-refractivity contribution in [3.8, 4) is 11.8 Å². The Hall–Kier alpha value is -5.12. The molecule has 8 rings (SSSR count). The van der Waals surface area contributed by atoms with Gasteiger partial charge in [-0.1, -0.05) is 50.2 Å². The maximum atomic E-state index is 12.1. The molecule has 0 saturated carbocycles. The topological polar surface area (TPSA) is 132 Å². The van der Waals surface area contributed by atoms with Crippen LogP contribution < -0.4 is 9.47 Å². The van der Waals surface area contributed by atoms with Crippen LogP contribution in [0.15, 0.2) is 85.5 Å². The van der Waals surface area contributed by atoms with Gasteiger partial charge in [-0.15, -0.1) is 0 Å². The van der Waals surface area contributed by atoms with Crippen LogP contribution in [0.2, 0.25) is 10.0 Å². The summed E-state index contributed by atoms with van der Waals surface area (Å²) in [6.45, 7) is 1.10. The van der Waals surface area contributed by atoms with Crippen molar-refractivity contribution in [3.63, 3.8) is 0 Å². The zero-order chi connectivity index (χ0) is 35.6. The lowest BCUT2D eigenvalue weighted by Crippen LogP contribution is -2.06. The average Bonchev–Trinajstić information content (AvgIpc) is 3.66. The van der Waals surface area contributed by atoms with Gasteiger partial charge in [0.15, 0.2) is 5.69 Å². The Morgan fingerprint density at radius 3 is 1.66 bits per heavy atom. The highest BCUT2D eigenvalue weighted by atomic mass is 127. The molecule has 0 unspecified atom stereocenters. The number of methoxy groups -OCH3 is 3. The van der Waals surface area contributed by atoms with Gasteiger partial charge in [-0.25, -0.2) is 14.8 Å². The third-order valence-corrected chi connectivity index (χ3v) is 9.27. The van der Waals surface area contributed by atoms with Crippen molar-refractivity contribution in [2.75, 3.05) is 21.3 Å². The molecule has 0 aliphatic rings. The molecule has 2 aromatic carbocycles. The van der Waals surface area contributed by atoms with Gasteiger partial charge in [-0.3, -0.25) is 19.3 Å². The standard InChI is InChI=1S/C19H15ClN4O3.C17H12ClIN4O.2CH4/c1-26-17-7-14-16(9-22-17)24(23-18(14)19(25)27-2)10-11-3-4-15-12(5-11)6-13(20)8-21-15;1-24-16-6-13-15(8-21-16)23(22-17(13)19)9-10-2-3-14-11(4-10)5-12(18)7-20-14;;/h3-9H,10H2,1-2H3;2-8H,9H2,1H3;2*1H4. The van der Waals surface area contributed by atoms with E-state index < -0.39 is 5.97 Å². The molecular weight excluding hydrogens is 830 g/mol. The fraction of sp³-hybridized carbons (Fsp3) is 0.184. The Morgan fingerprint density at radius 2 is 1.15 bits per heavy atom. The SMILES string of the molecule is C.C.COC(=O)c1nn(Cc2ccc3ncc(Cl)cc3c2)c2cnc(OC)cc12.COc1cc2c(I)nn(Cc3ccc4ncc(Cl)cc4c3)c2cn1. The number of hydrogen-bond acceptors (Lipinski definition) is 10. The molecule has 0 N–H and O–H groups in total. The molecule has 15 heteroatoms. The van der Waals surface area contributed by atoms with Gasteiger partial charge in [0.2, 0.25) is 11.8 Å². The van der Waals surface area contributed by atoms with E-state index in [4.69, 9.17) is 37.4 Å². The normalized spacial score (nSPS) is 10.8. The molecule has 0 bridgehead atoms. The van der Waals surface area contributed by atoms with E-state index in [-0.39, 0.29) is 20.5 Å². The molecule has 6 aromatic heterocycles. The van der Waals surface area contributed by atoms with Crippen molar-refractivity contribution in [2.45, 2.75) is 27.9 Å². The number of carbonyl (C=O) groups excluding carboxylic acids is 1. The van der Waals surface area contributed by atoms with Crippen LogP contribution in [0.1, 0.15) is 36.5 Å². The first kappa shape index (κ1) is 39.1. The molecule has 0 amide bonds. The smallest absolute Gasteiger partial charge is 0.359 e. The fourth-order valence-corrected chi connectivity index (χ4v) is 6.65. The number of benzene rings is 2. The highest BCUT2D eigenvalue weighted by molar-refractivity contribution is 14.1. The van der Waals surface area contributed by atoms with Crippen molar-refractivity contribution in [1.82, 2.24) is 39.5 Å². The third-order valence-electron chi connectivity index (χ3n) is 8.06. The largest absolute Gasteiger partial charge is 0.481 e. The molecule has 8 aromatic rings. The summed E-state index contributed by atoms with van der Waals surface area (Å²) in [6, 6.07) is 19.4. The number of pyridine rings is 4. The Labute approximate surface area is 329 Å². The summed E-state index contributed by atoms with van der Waals surface area (Å²) in [7, 11) is 4.45. The minimum atomic E-state index is -0.513. The third kappa shape index (κ3) is 8.27. The predicted molar refractivity (Wildman–Crippen MR) is 217 cm³/mol. The van der Waals surface area contributed by atoms with E-state index in [1.54, 1.807) is 42.6 Å².